The number of rotatable bonds is 2. The number of halogens is 3. The van der Waals surface area contributed by atoms with E-state index in [9.17, 15) is 18.0 Å². The number of pyridine rings is 1. The molecule has 3 rings (SSSR count). The second-order valence-electron chi connectivity index (χ2n) is 5.69. The van der Waals surface area contributed by atoms with Gasteiger partial charge in [0.05, 0.1) is 24.5 Å². The fourth-order valence-electron chi connectivity index (χ4n) is 2.69. The quantitative estimate of drug-likeness (QED) is 0.823. The fourth-order valence-corrected chi connectivity index (χ4v) is 2.69. The normalized spacial score (nSPS) is 14.8. The highest BCUT2D eigenvalue weighted by molar-refractivity contribution is 5.85. The van der Waals surface area contributed by atoms with E-state index in [1.165, 1.54) is 6.07 Å². The second-order valence-corrected chi connectivity index (χ2v) is 5.69. The SMILES string of the molecule is N#Cc1c(C(F)(F)F)cc(-c2ccccc2)n(N=C2CCOCC2)c1=O. The Kier molecular flexibility index (Phi) is 4.91. The van der Waals surface area contributed by atoms with Gasteiger partial charge in [0.15, 0.2) is 0 Å². The molecule has 8 heteroatoms. The van der Waals surface area contributed by atoms with Crippen LogP contribution in [0.2, 0.25) is 0 Å². The Bertz CT molecular complexity index is 933. The van der Waals surface area contributed by atoms with Gasteiger partial charge in [-0.2, -0.15) is 28.2 Å². The van der Waals surface area contributed by atoms with Crippen molar-refractivity contribution < 1.29 is 17.9 Å². The molecule has 1 aliphatic heterocycles. The van der Waals surface area contributed by atoms with Crippen LogP contribution in [0.1, 0.15) is 24.0 Å². The van der Waals surface area contributed by atoms with Crippen LogP contribution in [0.15, 0.2) is 46.3 Å². The van der Waals surface area contributed by atoms with Crippen molar-refractivity contribution in [3.63, 3.8) is 0 Å². The zero-order valence-electron chi connectivity index (χ0n) is 13.6. The molecule has 0 spiro atoms. The summed E-state index contributed by atoms with van der Waals surface area (Å²) in [7, 11) is 0. The molecule has 1 aromatic carbocycles. The van der Waals surface area contributed by atoms with Gasteiger partial charge in [0, 0.05) is 24.1 Å². The van der Waals surface area contributed by atoms with Gasteiger partial charge in [0.2, 0.25) is 0 Å². The average Bonchev–Trinajstić information content (AvgIpc) is 2.63. The van der Waals surface area contributed by atoms with Crippen LogP contribution < -0.4 is 5.56 Å². The highest BCUT2D eigenvalue weighted by Crippen LogP contribution is 2.33. The van der Waals surface area contributed by atoms with E-state index in [-0.39, 0.29) is 5.69 Å². The minimum atomic E-state index is -4.82. The molecule has 26 heavy (non-hydrogen) atoms. The number of alkyl halides is 3. The molecule has 0 bridgehead atoms. The van der Waals surface area contributed by atoms with Crippen molar-refractivity contribution in [1.82, 2.24) is 4.68 Å². The van der Waals surface area contributed by atoms with Crippen LogP contribution in [0, 0.1) is 11.3 Å². The van der Waals surface area contributed by atoms with E-state index in [1.54, 1.807) is 30.3 Å². The van der Waals surface area contributed by atoms with E-state index >= 15 is 0 Å². The van der Waals surface area contributed by atoms with Gasteiger partial charge in [-0.15, -0.1) is 0 Å². The third-order valence-corrected chi connectivity index (χ3v) is 3.98. The predicted octanol–water partition coefficient (Wildman–Crippen LogP) is 3.42. The molecule has 134 valence electrons. The molecular formula is C18H14F3N3O2. The summed E-state index contributed by atoms with van der Waals surface area (Å²) >= 11 is 0. The van der Waals surface area contributed by atoms with Crippen molar-refractivity contribution in [3.8, 4) is 17.3 Å². The van der Waals surface area contributed by atoms with Crippen molar-refractivity contribution in [2.75, 3.05) is 13.2 Å². The first-order chi connectivity index (χ1) is 12.4. The largest absolute Gasteiger partial charge is 0.417 e. The molecule has 0 atom stereocenters. The second kappa shape index (κ2) is 7.14. The van der Waals surface area contributed by atoms with Gasteiger partial charge in [-0.25, -0.2) is 0 Å². The van der Waals surface area contributed by atoms with Crippen LogP contribution in [0.25, 0.3) is 11.3 Å². The molecule has 1 aromatic heterocycles. The van der Waals surface area contributed by atoms with Crippen LogP contribution >= 0.6 is 0 Å². The summed E-state index contributed by atoms with van der Waals surface area (Å²) in [5.41, 5.74) is -2.28. The lowest BCUT2D eigenvalue weighted by Gasteiger charge is -2.17. The van der Waals surface area contributed by atoms with Crippen LogP contribution in [-0.4, -0.2) is 23.6 Å². The molecule has 5 nitrogen and oxygen atoms in total. The zero-order chi connectivity index (χ0) is 18.7. The molecule has 0 saturated carbocycles. The van der Waals surface area contributed by atoms with Gasteiger partial charge in [-0.05, 0) is 6.07 Å². The highest BCUT2D eigenvalue weighted by atomic mass is 19.4. The highest BCUT2D eigenvalue weighted by Gasteiger charge is 2.36. The van der Waals surface area contributed by atoms with Gasteiger partial charge >= 0.3 is 6.18 Å². The predicted molar refractivity (Wildman–Crippen MR) is 88.7 cm³/mol. The van der Waals surface area contributed by atoms with E-state index in [2.05, 4.69) is 5.10 Å². The fraction of sp³-hybridized carbons (Fsp3) is 0.278. The molecule has 1 fully saturated rings. The first-order valence-electron chi connectivity index (χ1n) is 7.89. The molecule has 1 aliphatic rings. The van der Waals surface area contributed by atoms with E-state index in [0.29, 0.717) is 37.3 Å². The molecule has 0 amide bonds. The first kappa shape index (κ1) is 17.9. The first-order valence-corrected chi connectivity index (χ1v) is 7.89. The Morgan fingerprint density at radius 1 is 1.15 bits per heavy atom. The molecule has 1 saturated heterocycles. The summed E-state index contributed by atoms with van der Waals surface area (Å²) < 4.78 is 46.2. The maximum Gasteiger partial charge on any atom is 0.417 e. The van der Waals surface area contributed by atoms with Crippen LogP contribution in [0.3, 0.4) is 0 Å². The molecule has 0 unspecified atom stereocenters. The van der Waals surface area contributed by atoms with Crippen molar-refractivity contribution in [1.29, 1.82) is 5.26 Å². The Morgan fingerprint density at radius 3 is 2.38 bits per heavy atom. The van der Waals surface area contributed by atoms with E-state index < -0.39 is 22.9 Å². The Hall–Kier alpha value is -2.92. The molecule has 2 heterocycles. The van der Waals surface area contributed by atoms with Crippen molar-refractivity contribution in [3.05, 3.63) is 57.9 Å². The minimum absolute atomic E-state index is 0.0130. The summed E-state index contributed by atoms with van der Waals surface area (Å²) in [6.07, 6.45) is -3.87. The van der Waals surface area contributed by atoms with Gasteiger partial charge in [0.1, 0.15) is 11.6 Å². The third kappa shape index (κ3) is 3.53. The lowest BCUT2D eigenvalue weighted by Crippen LogP contribution is -2.28. The number of benzene rings is 1. The average molecular weight is 361 g/mol. The van der Waals surface area contributed by atoms with Gasteiger partial charge in [-0.3, -0.25) is 4.79 Å². The molecule has 0 radical (unpaired) electrons. The number of aromatic nitrogens is 1. The third-order valence-electron chi connectivity index (χ3n) is 3.98. The number of nitriles is 1. The summed E-state index contributed by atoms with van der Waals surface area (Å²) in [5, 5.41) is 13.4. The van der Waals surface area contributed by atoms with Crippen LogP contribution in [0.4, 0.5) is 13.2 Å². The summed E-state index contributed by atoms with van der Waals surface area (Å²) in [6.45, 7) is 0.861. The molecular weight excluding hydrogens is 347 g/mol. The van der Waals surface area contributed by atoms with E-state index in [1.807, 2.05) is 0 Å². The van der Waals surface area contributed by atoms with E-state index in [4.69, 9.17) is 10.00 Å². The van der Waals surface area contributed by atoms with Crippen LogP contribution in [-0.2, 0) is 10.9 Å². The number of hydrogen-bond acceptors (Lipinski definition) is 4. The van der Waals surface area contributed by atoms with Gasteiger partial charge in [0.25, 0.3) is 5.56 Å². The zero-order valence-corrected chi connectivity index (χ0v) is 13.6. The maximum atomic E-state index is 13.3. The lowest BCUT2D eigenvalue weighted by molar-refractivity contribution is -0.137. The Labute approximate surface area is 146 Å². The maximum absolute atomic E-state index is 13.3. The number of nitrogens with zero attached hydrogens (tertiary/aromatic N) is 3. The Balaban J connectivity index is 2.31. The van der Waals surface area contributed by atoms with Gasteiger partial charge < -0.3 is 4.74 Å². The number of ether oxygens (including phenoxy) is 1. The minimum Gasteiger partial charge on any atom is -0.381 e. The smallest absolute Gasteiger partial charge is 0.381 e. The van der Waals surface area contributed by atoms with Crippen molar-refractivity contribution >= 4 is 5.71 Å². The van der Waals surface area contributed by atoms with E-state index in [0.717, 1.165) is 10.7 Å². The van der Waals surface area contributed by atoms with Crippen LogP contribution in [0.5, 0.6) is 0 Å². The summed E-state index contributed by atoms with van der Waals surface area (Å²) in [5.74, 6) is 0. The summed E-state index contributed by atoms with van der Waals surface area (Å²) in [4.78, 5) is 12.6. The molecule has 0 N–H and O–H groups in total. The molecule has 2 aromatic rings. The van der Waals surface area contributed by atoms with Crippen molar-refractivity contribution in [2.45, 2.75) is 19.0 Å². The summed E-state index contributed by atoms with van der Waals surface area (Å²) in [6, 6.07) is 10.4. The standard InChI is InChI=1S/C18H14F3N3O2/c19-18(20,21)15-10-16(12-4-2-1-3-5-12)24(17(25)14(15)11-22)23-13-6-8-26-9-7-13/h1-5,10H,6-9H2. The monoisotopic (exact) mass is 361 g/mol. The Morgan fingerprint density at radius 2 is 1.81 bits per heavy atom. The number of hydrogen-bond donors (Lipinski definition) is 0. The van der Waals surface area contributed by atoms with Crippen molar-refractivity contribution in [2.24, 2.45) is 5.10 Å². The lowest BCUT2D eigenvalue weighted by atomic mass is 10.0. The topological polar surface area (TPSA) is 67.4 Å². The molecule has 0 aliphatic carbocycles. The van der Waals surface area contributed by atoms with Gasteiger partial charge in [-0.1, -0.05) is 30.3 Å².